The first-order valence-corrected chi connectivity index (χ1v) is 13.1. The van der Waals surface area contributed by atoms with Crippen LogP contribution in [0.1, 0.15) is 43.8 Å². The molecule has 10 heteroatoms. The molecule has 0 saturated carbocycles. The van der Waals surface area contributed by atoms with Crippen LogP contribution in [0.4, 0.5) is 0 Å². The summed E-state index contributed by atoms with van der Waals surface area (Å²) in [5, 5.41) is 13.6. The van der Waals surface area contributed by atoms with Gasteiger partial charge in [-0.1, -0.05) is 42.5 Å². The van der Waals surface area contributed by atoms with Crippen molar-refractivity contribution < 1.29 is 9.53 Å². The lowest BCUT2D eigenvalue weighted by atomic mass is 10.0. The lowest BCUT2D eigenvalue weighted by Gasteiger charge is -2.40. The fourth-order valence-corrected chi connectivity index (χ4v) is 5.52. The highest BCUT2D eigenvalue weighted by atomic mass is 32.2. The number of nitrogens with zero attached hydrogens (tertiary/aromatic N) is 7. The molecule has 1 aromatic heterocycles. The van der Waals surface area contributed by atoms with Crippen LogP contribution in [0.25, 0.3) is 6.08 Å². The molecule has 0 N–H and O–H groups in total. The van der Waals surface area contributed by atoms with Gasteiger partial charge in [-0.15, -0.1) is 5.10 Å². The van der Waals surface area contributed by atoms with Crippen molar-refractivity contribution in [2.75, 3.05) is 33.3 Å². The molecule has 3 heterocycles. The molecule has 1 unspecified atom stereocenters. The Bertz CT molecular complexity index is 1300. The molecule has 2 aliphatic heterocycles. The Morgan fingerprint density at radius 1 is 1.00 bits per heavy atom. The minimum atomic E-state index is -0.261. The lowest BCUT2D eigenvalue weighted by molar-refractivity contribution is -0.113. The van der Waals surface area contributed by atoms with Crippen LogP contribution < -0.4 is 4.74 Å². The van der Waals surface area contributed by atoms with Crippen molar-refractivity contribution in [1.29, 1.82) is 0 Å². The molecule has 1 atom stereocenters. The second kappa shape index (κ2) is 10.5. The topological polar surface area (TPSA) is 88.7 Å². The fourth-order valence-electron chi connectivity index (χ4n) is 4.56. The largest absolute Gasteiger partial charge is 0.497 e. The molecule has 1 amide bonds. The molecule has 0 radical (unpaired) electrons. The van der Waals surface area contributed by atoms with Crippen molar-refractivity contribution in [3.05, 3.63) is 76.5 Å². The van der Waals surface area contributed by atoms with Gasteiger partial charge in [0.15, 0.2) is 11.0 Å². The SMILES string of the molecule is COc1ccc(C(c2nnnn2C(C)(C)C)N2CCN(C3=NC(=O)/C(=C/c4ccccc4)S3)CC2)cc1. The smallest absolute Gasteiger partial charge is 0.286 e. The first-order chi connectivity index (χ1) is 17.8. The molecule has 2 aromatic carbocycles. The molecular formula is C27H31N7O2S. The summed E-state index contributed by atoms with van der Waals surface area (Å²) in [4.78, 5) is 22.2. The zero-order valence-electron chi connectivity index (χ0n) is 21.5. The number of rotatable bonds is 5. The summed E-state index contributed by atoms with van der Waals surface area (Å²) >= 11 is 1.45. The number of amides is 1. The zero-order valence-corrected chi connectivity index (χ0v) is 22.4. The van der Waals surface area contributed by atoms with Gasteiger partial charge in [0.2, 0.25) is 0 Å². The summed E-state index contributed by atoms with van der Waals surface area (Å²) in [7, 11) is 1.67. The predicted molar refractivity (Wildman–Crippen MR) is 145 cm³/mol. The molecule has 2 aliphatic rings. The van der Waals surface area contributed by atoms with E-state index in [2.05, 4.69) is 63.2 Å². The van der Waals surface area contributed by atoms with Gasteiger partial charge in [-0.2, -0.15) is 4.99 Å². The summed E-state index contributed by atoms with van der Waals surface area (Å²) < 4.78 is 7.28. The van der Waals surface area contributed by atoms with E-state index in [1.165, 1.54) is 11.8 Å². The Hall–Kier alpha value is -3.50. The van der Waals surface area contributed by atoms with Crippen LogP contribution in [-0.4, -0.2) is 74.4 Å². The number of hydrogen-bond donors (Lipinski definition) is 0. The second-order valence-corrected chi connectivity index (χ2v) is 11.0. The van der Waals surface area contributed by atoms with Gasteiger partial charge < -0.3 is 9.64 Å². The molecule has 0 bridgehead atoms. The molecule has 192 valence electrons. The van der Waals surface area contributed by atoms with E-state index in [4.69, 9.17) is 4.74 Å². The van der Waals surface area contributed by atoms with Crippen LogP contribution in [-0.2, 0) is 10.3 Å². The number of methoxy groups -OCH3 is 1. The standard InChI is InChI=1S/C27H31N7O2S/c1-27(2,3)34-24(29-30-31-34)23(20-10-12-21(36-4)13-11-20)32-14-16-33(17-15-32)26-28-25(35)22(37-26)18-19-8-6-5-7-9-19/h5-13,18,23H,14-17H2,1-4H3/b22-18-. The summed E-state index contributed by atoms with van der Waals surface area (Å²) in [6.45, 7) is 9.36. The number of thioether (sulfide) groups is 1. The highest BCUT2D eigenvalue weighted by Crippen LogP contribution is 2.34. The van der Waals surface area contributed by atoms with E-state index in [0.29, 0.717) is 4.91 Å². The lowest BCUT2D eigenvalue weighted by Crippen LogP contribution is -2.49. The molecule has 0 spiro atoms. The predicted octanol–water partition coefficient (Wildman–Crippen LogP) is 3.81. The zero-order chi connectivity index (χ0) is 26.0. The van der Waals surface area contributed by atoms with Crippen LogP contribution in [0.3, 0.4) is 0 Å². The first-order valence-electron chi connectivity index (χ1n) is 12.3. The highest BCUT2D eigenvalue weighted by molar-refractivity contribution is 8.18. The van der Waals surface area contributed by atoms with Crippen molar-refractivity contribution in [2.45, 2.75) is 32.4 Å². The Labute approximate surface area is 221 Å². The maximum absolute atomic E-state index is 12.6. The van der Waals surface area contributed by atoms with E-state index in [-0.39, 0.29) is 17.5 Å². The molecular weight excluding hydrogens is 486 g/mol. The summed E-state index contributed by atoms with van der Waals surface area (Å²) in [5.74, 6) is 1.44. The Morgan fingerprint density at radius 3 is 2.35 bits per heavy atom. The number of aliphatic imine (C=N–C) groups is 1. The normalized spacial score (nSPS) is 18.8. The van der Waals surface area contributed by atoms with Gasteiger partial charge in [0.1, 0.15) is 5.75 Å². The van der Waals surface area contributed by atoms with E-state index < -0.39 is 0 Å². The van der Waals surface area contributed by atoms with E-state index in [0.717, 1.165) is 54.0 Å². The molecule has 5 rings (SSSR count). The van der Waals surface area contributed by atoms with Crippen LogP contribution in [0.15, 0.2) is 64.5 Å². The van der Waals surface area contributed by atoms with Gasteiger partial charge in [-0.3, -0.25) is 9.69 Å². The third-order valence-electron chi connectivity index (χ3n) is 6.46. The molecule has 37 heavy (non-hydrogen) atoms. The third kappa shape index (κ3) is 5.45. The van der Waals surface area contributed by atoms with Gasteiger partial charge in [-0.25, -0.2) is 4.68 Å². The van der Waals surface area contributed by atoms with Crippen molar-refractivity contribution in [3.8, 4) is 5.75 Å². The highest BCUT2D eigenvalue weighted by Gasteiger charge is 2.35. The number of hydrogen-bond acceptors (Lipinski definition) is 8. The third-order valence-corrected chi connectivity index (χ3v) is 7.51. The van der Waals surface area contributed by atoms with Crippen molar-refractivity contribution >= 4 is 28.9 Å². The molecule has 3 aromatic rings. The number of carbonyl (C=O) groups is 1. The maximum atomic E-state index is 12.6. The number of piperazine rings is 1. The number of ether oxygens (including phenoxy) is 1. The van der Waals surface area contributed by atoms with Crippen molar-refractivity contribution in [3.63, 3.8) is 0 Å². The number of aromatic nitrogens is 4. The second-order valence-electron chi connectivity index (χ2n) is 10.0. The quantitative estimate of drug-likeness (QED) is 0.472. The Kier molecular flexibility index (Phi) is 7.12. The number of tetrazole rings is 1. The molecule has 1 saturated heterocycles. The monoisotopic (exact) mass is 517 g/mol. The van der Waals surface area contributed by atoms with Gasteiger partial charge >= 0.3 is 0 Å². The van der Waals surface area contributed by atoms with E-state index in [1.54, 1.807) is 7.11 Å². The van der Waals surface area contributed by atoms with Gasteiger partial charge in [0.05, 0.1) is 23.6 Å². The van der Waals surface area contributed by atoms with Crippen molar-refractivity contribution in [2.24, 2.45) is 4.99 Å². The van der Waals surface area contributed by atoms with E-state index in [9.17, 15) is 4.79 Å². The van der Waals surface area contributed by atoms with Crippen LogP contribution in [0, 0.1) is 0 Å². The maximum Gasteiger partial charge on any atom is 0.286 e. The summed E-state index contributed by atoms with van der Waals surface area (Å²) in [6, 6.07) is 17.9. The van der Waals surface area contributed by atoms with E-state index >= 15 is 0 Å². The van der Waals surface area contributed by atoms with Crippen LogP contribution in [0.2, 0.25) is 0 Å². The summed E-state index contributed by atoms with van der Waals surface area (Å²) in [6.07, 6.45) is 1.91. The van der Waals surface area contributed by atoms with Crippen LogP contribution in [0.5, 0.6) is 5.75 Å². The Balaban J connectivity index is 1.35. The number of amidine groups is 1. The van der Waals surface area contributed by atoms with Gasteiger partial charge in [0, 0.05) is 26.2 Å². The minimum Gasteiger partial charge on any atom is -0.497 e. The average molecular weight is 518 g/mol. The average Bonchev–Trinajstić information content (AvgIpc) is 3.53. The van der Waals surface area contributed by atoms with Gasteiger partial charge in [-0.05, 0) is 72.3 Å². The number of benzene rings is 2. The fraction of sp³-hybridized carbons (Fsp3) is 0.370. The summed E-state index contributed by atoms with van der Waals surface area (Å²) in [5.41, 5.74) is 1.84. The van der Waals surface area contributed by atoms with Crippen molar-refractivity contribution in [1.82, 2.24) is 30.0 Å². The van der Waals surface area contributed by atoms with Crippen LogP contribution >= 0.6 is 11.8 Å². The minimum absolute atomic E-state index is 0.115. The molecule has 1 fully saturated rings. The first kappa shape index (κ1) is 25.2. The molecule has 0 aliphatic carbocycles. The Morgan fingerprint density at radius 2 is 1.70 bits per heavy atom. The van der Waals surface area contributed by atoms with E-state index in [1.807, 2.05) is 53.2 Å². The molecule has 9 nitrogen and oxygen atoms in total. The number of carbonyl (C=O) groups excluding carboxylic acids is 1. The van der Waals surface area contributed by atoms with Gasteiger partial charge in [0.25, 0.3) is 5.91 Å².